The molecule has 0 aromatic rings. The second-order valence-electron chi connectivity index (χ2n) is 5.54. The highest BCUT2D eigenvalue weighted by molar-refractivity contribution is 4.84. The normalized spacial score (nSPS) is 12.1. The van der Waals surface area contributed by atoms with Crippen LogP contribution in [-0.4, -0.2) is 0 Å². The number of rotatable bonds is 13. The molecule has 0 nitrogen and oxygen atoms in total. The first kappa shape index (κ1) is 17.5. The zero-order chi connectivity index (χ0) is 13.5. The summed E-state index contributed by atoms with van der Waals surface area (Å²) in [4.78, 5) is 0. The Morgan fingerprint density at radius 1 is 0.778 bits per heavy atom. The van der Waals surface area contributed by atoms with Gasteiger partial charge >= 0.3 is 0 Å². The first-order valence-electron chi connectivity index (χ1n) is 8.21. The molecule has 0 fully saturated rings. The fourth-order valence-corrected chi connectivity index (χ4v) is 2.50. The molecule has 1 unspecified atom stereocenters. The van der Waals surface area contributed by atoms with Crippen molar-refractivity contribution in [2.45, 2.75) is 90.9 Å². The van der Waals surface area contributed by atoms with Crippen molar-refractivity contribution in [3.05, 3.63) is 18.4 Å². The third-order valence-electron chi connectivity index (χ3n) is 3.71. The lowest BCUT2D eigenvalue weighted by atomic mass is 9.94. The van der Waals surface area contributed by atoms with Crippen LogP contribution in [-0.2, 0) is 0 Å². The second-order valence-corrected chi connectivity index (χ2v) is 5.54. The molecule has 1 atom stereocenters. The summed E-state index contributed by atoms with van der Waals surface area (Å²) < 4.78 is 0. The van der Waals surface area contributed by atoms with Crippen LogP contribution in [0.2, 0.25) is 0 Å². The average molecular weight is 250 g/mol. The molecular formula is C18H34. The molecular weight excluding hydrogens is 216 g/mol. The summed E-state index contributed by atoms with van der Waals surface area (Å²) in [5, 5.41) is 0. The third-order valence-corrected chi connectivity index (χ3v) is 3.71. The van der Waals surface area contributed by atoms with Crippen molar-refractivity contribution >= 4 is 0 Å². The van der Waals surface area contributed by atoms with Crippen LogP contribution in [0.3, 0.4) is 0 Å². The summed E-state index contributed by atoms with van der Waals surface area (Å²) in [6.45, 7) is 8.29. The van der Waals surface area contributed by atoms with Gasteiger partial charge in [0.05, 0.1) is 0 Å². The largest absolute Gasteiger partial charge is 0.133 e. The Hall–Kier alpha value is -0.480. The molecule has 0 saturated heterocycles. The molecule has 0 saturated carbocycles. The van der Waals surface area contributed by atoms with Gasteiger partial charge in [0, 0.05) is 0 Å². The van der Waals surface area contributed by atoms with E-state index in [-0.39, 0.29) is 0 Å². The van der Waals surface area contributed by atoms with Gasteiger partial charge in [-0.05, 0) is 24.8 Å². The first-order valence-corrected chi connectivity index (χ1v) is 8.21. The third kappa shape index (κ3) is 12.0. The lowest BCUT2D eigenvalue weighted by Crippen LogP contribution is -1.97. The van der Waals surface area contributed by atoms with Crippen LogP contribution >= 0.6 is 0 Å². The topological polar surface area (TPSA) is 0 Å². The Balaban J connectivity index is 3.53. The van der Waals surface area contributed by atoms with Gasteiger partial charge in [0.2, 0.25) is 0 Å². The Labute approximate surface area is 116 Å². The molecule has 0 N–H and O–H groups in total. The van der Waals surface area contributed by atoms with E-state index in [1.165, 1.54) is 77.0 Å². The maximum absolute atomic E-state index is 3.73. The van der Waals surface area contributed by atoms with Crippen LogP contribution < -0.4 is 0 Å². The van der Waals surface area contributed by atoms with E-state index in [9.17, 15) is 0 Å². The van der Waals surface area contributed by atoms with Crippen LogP contribution in [0.5, 0.6) is 0 Å². The summed E-state index contributed by atoms with van der Waals surface area (Å²) in [7, 11) is 0. The van der Waals surface area contributed by atoms with Crippen molar-refractivity contribution in [3.8, 4) is 0 Å². The molecule has 0 heterocycles. The van der Waals surface area contributed by atoms with E-state index in [1.807, 2.05) is 0 Å². The number of allylic oxidation sites excluding steroid dienone is 1. The quantitative estimate of drug-likeness (QED) is 0.253. The van der Waals surface area contributed by atoms with Crippen LogP contribution in [0.1, 0.15) is 90.9 Å². The van der Waals surface area contributed by atoms with E-state index in [2.05, 4.69) is 32.2 Å². The zero-order valence-corrected chi connectivity index (χ0v) is 12.8. The Kier molecular flexibility index (Phi) is 14.2. The summed E-state index contributed by atoms with van der Waals surface area (Å²) in [6.07, 6.45) is 18.8. The van der Waals surface area contributed by atoms with E-state index in [0.717, 1.165) is 5.92 Å². The van der Waals surface area contributed by atoms with Crippen LogP contribution in [0.15, 0.2) is 18.4 Å². The standard InChI is InChI=1S/C18H34/c1-4-7-9-11-12-14-17-18(15-6-3)16-13-10-8-5-2/h15,18H,3-5,7-14,16-17H2,1-2H3. The highest BCUT2D eigenvalue weighted by Gasteiger charge is 2.04. The van der Waals surface area contributed by atoms with Crippen LogP contribution in [0, 0.1) is 5.92 Å². The predicted octanol–water partition coefficient (Wildman–Crippen LogP) is 6.66. The highest BCUT2D eigenvalue weighted by atomic mass is 14.1. The van der Waals surface area contributed by atoms with Gasteiger partial charge in [-0.25, -0.2) is 0 Å². The number of hydrogen-bond donors (Lipinski definition) is 0. The van der Waals surface area contributed by atoms with Crippen molar-refractivity contribution in [1.82, 2.24) is 0 Å². The Morgan fingerprint density at radius 3 is 1.72 bits per heavy atom. The molecule has 0 radical (unpaired) electrons. The molecule has 0 aliphatic heterocycles. The van der Waals surface area contributed by atoms with Crippen molar-refractivity contribution in [3.63, 3.8) is 0 Å². The van der Waals surface area contributed by atoms with E-state index in [4.69, 9.17) is 0 Å². The molecule has 0 bridgehead atoms. The lowest BCUT2D eigenvalue weighted by molar-refractivity contribution is 0.469. The summed E-state index contributed by atoms with van der Waals surface area (Å²) >= 11 is 0. The molecule has 0 amide bonds. The monoisotopic (exact) mass is 250 g/mol. The van der Waals surface area contributed by atoms with Gasteiger partial charge in [-0.15, -0.1) is 5.73 Å². The van der Waals surface area contributed by atoms with Crippen molar-refractivity contribution < 1.29 is 0 Å². The lowest BCUT2D eigenvalue weighted by Gasteiger charge is -2.11. The molecule has 0 rings (SSSR count). The Morgan fingerprint density at radius 2 is 1.22 bits per heavy atom. The van der Waals surface area contributed by atoms with Gasteiger partial charge in [-0.3, -0.25) is 0 Å². The van der Waals surface area contributed by atoms with Crippen LogP contribution in [0.25, 0.3) is 0 Å². The fourth-order valence-electron chi connectivity index (χ4n) is 2.50. The van der Waals surface area contributed by atoms with Crippen molar-refractivity contribution in [2.24, 2.45) is 5.92 Å². The zero-order valence-electron chi connectivity index (χ0n) is 12.8. The molecule has 106 valence electrons. The molecule has 0 spiro atoms. The summed E-state index contributed by atoms with van der Waals surface area (Å²) in [6, 6.07) is 0. The summed E-state index contributed by atoms with van der Waals surface area (Å²) in [5.41, 5.74) is 2.99. The van der Waals surface area contributed by atoms with Gasteiger partial charge in [-0.2, -0.15) is 0 Å². The molecule has 0 aromatic carbocycles. The van der Waals surface area contributed by atoms with E-state index < -0.39 is 0 Å². The minimum absolute atomic E-state index is 0.741. The van der Waals surface area contributed by atoms with Gasteiger partial charge in [0.1, 0.15) is 0 Å². The fraction of sp³-hybridized carbons (Fsp3) is 0.833. The average Bonchev–Trinajstić information content (AvgIpc) is 2.38. The number of hydrogen-bond acceptors (Lipinski definition) is 0. The maximum Gasteiger partial charge on any atom is -0.0158 e. The van der Waals surface area contributed by atoms with Crippen LogP contribution in [0.4, 0.5) is 0 Å². The molecule has 0 aromatic heterocycles. The van der Waals surface area contributed by atoms with Gasteiger partial charge < -0.3 is 0 Å². The SMILES string of the molecule is C=C=CC(CCCCCC)CCCCCCCC. The molecule has 18 heavy (non-hydrogen) atoms. The minimum Gasteiger partial charge on any atom is -0.133 e. The first-order chi connectivity index (χ1) is 8.85. The molecule has 0 aliphatic rings. The Bertz CT molecular complexity index is 198. The smallest absolute Gasteiger partial charge is 0.0158 e. The second kappa shape index (κ2) is 14.6. The van der Waals surface area contributed by atoms with Gasteiger partial charge in [0.15, 0.2) is 0 Å². The molecule has 0 aliphatic carbocycles. The molecule has 0 heteroatoms. The van der Waals surface area contributed by atoms with E-state index in [0.29, 0.717) is 0 Å². The van der Waals surface area contributed by atoms with Gasteiger partial charge in [-0.1, -0.05) is 84.6 Å². The van der Waals surface area contributed by atoms with E-state index >= 15 is 0 Å². The maximum atomic E-state index is 3.73. The number of unbranched alkanes of at least 4 members (excludes halogenated alkanes) is 8. The minimum atomic E-state index is 0.741. The van der Waals surface area contributed by atoms with Gasteiger partial charge in [0.25, 0.3) is 0 Å². The highest BCUT2D eigenvalue weighted by Crippen LogP contribution is 2.19. The summed E-state index contributed by atoms with van der Waals surface area (Å²) in [5.74, 6) is 0.741. The van der Waals surface area contributed by atoms with Crippen molar-refractivity contribution in [1.29, 1.82) is 0 Å². The predicted molar refractivity (Wildman–Crippen MR) is 84.0 cm³/mol. The van der Waals surface area contributed by atoms with E-state index in [1.54, 1.807) is 0 Å². The van der Waals surface area contributed by atoms with Crippen molar-refractivity contribution in [2.75, 3.05) is 0 Å².